The number of benzene rings is 1. The number of halogens is 1. The van der Waals surface area contributed by atoms with Crippen LogP contribution >= 0.6 is 11.6 Å². The fourth-order valence-corrected chi connectivity index (χ4v) is 2.49. The first kappa shape index (κ1) is 18.2. The number of nitrogens with zero attached hydrogens (tertiary/aromatic N) is 1. The highest BCUT2D eigenvalue weighted by atomic mass is 35.5. The van der Waals surface area contributed by atoms with Gasteiger partial charge in [0.25, 0.3) is 0 Å². The molecule has 0 fully saturated rings. The Morgan fingerprint density at radius 3 is 2.24 bits per heavy atom. The highest BCUT2D eigenvalue weighted by molar-refractivity contribution is 6.31. The van der Waals surface area contributed by atoms with E-state index in [1.54, 1.807) is 0 Å². The van der Waals surface area contributed by atoms with Crippen molar-refractivity contribution in [2.24, 2.45) is 5.73 Å². The molecule has 0 saturated heterocycles. The summed E-state index contributed by atoms with van der Waals surface area (Å²) in [6, 6.07) is 5.99. The Balaban J connectivity index is 2.86. The Labute approximate surface area is 133 Å². The van der Waals surface area contributed by atoms with Crippen LogP contribution in [-0.2, 0) is 15.9 Å². The fraction of sp³-hybridized carbons (Fsp3) is 0.625. The minimum atomic E-state index is 0.585. The second-order valence-electron chi connectivity index (χ2n) is 4.66. The first-order valence-corrected chi connectivity index (χ1v) is 8.00. The Bertz CT molecular complexity index is 392. The third-order valence-corrected chi connectivity index (χ3v) is 3.60. The third-order valence-electron chi connectivity index (χ3n) is 3.25. The molecule has 0 aliphatic rings. The molecule has 0 unspecified atom stereocenters. The number of rotatable bonds is 11. The van der Waals surface area contributed by atoms with Gasteiger partial charge < -0.3 is 20.1 Å². The van der Waals surface area contributed by atoms with E-state index in [2.05, 4.69) is 11.0 Å². The lowest BCUT2D eigenvalue weighted by Gasteiger charge is -2.27. The van der Waals surface area contributed by atoms with Gasteiger partial charge in [-0.15, -0.1) is 0 Å². The van der Waals surface area contributed by atoms with Crippen LogP contribution in [0.5, 0.6) is 0 Å². The van der Waals surface area contributed by atoms with Gasteiger partial charge in [-0.25, -0.2) is 0 Å². The van der Waals surface area contributed by atoms with Crippen LogP contribution in [0.15, 0.2) is 18.2 Å². The van der Waals surface area contributed by atoms with Crippen LogP contribution < -0.4 is 10.6 Å². The zero-order chi connectivity index (χ0) is 15.5. The molecule has 0 aliphatic carbocycles. The topological polar surface area (TPSA) is 47.7 Å². The molecule has 0 aromatic heterocycles. The van der Waals surface area contributed by atoms with Gasteiger partial charge >= 0.3 is 0 Å². The van der Waals surface area contributed by atoms with Gasteiger partial charge in [-0.1, -0.05) is 17.7 Å². The van der Waals surface area contributed by atoms with Crippen molar-refractivity contribution in [2.75, 3.05) is 51.0 Å². The predicted octanol–water partition coefficient (Wildman–Crippen LogP) is 2.72. The van der Waals surface area contributed by atoms with E-state index < -0.39 is 0 Å². The highest BCUT2D eigenvalue weighted by Gasteiger charge is 2.13. The summed E-state index contributed by atoms with van der Waals surface area (Å²) >= 11 is 6.33. The smallest absolute Gasteiger partial charge is 0.0641 e. The molecule has 0 heterocycles. The summed E-state index contributed by atoms with van der Waals surface area (Å²) in [6.07, 6.45) is 0.773. The third kappa shape index (κ3) is 6.22. The molecular formula is C16H27ClN2O2. The fourth-order valence-electron chi connectivity index (χ4n) is 2.23. The van der Waals surface area contributed by atoms with Crippen molar-refractivity contribution in [3.8, 4) is 0 Å². The second-order valence-corrected chi connectivity index (χ2v) is 5.06. The van der Waals surface area contributed by atoms with Crippen molar-refractivity contribution in [1.29, 1.82) is 0 Å². The van der Waals surface area contributed by atoms with Crippen LogP contribution in [-0.4, -0.2) is 46.1 Å². The molecule has 120 valence electrons. The Morgan fingerprint density at radius 1 is 1.10 bits per heavy atom. The summed E-state index contributed by atoms with van der Waals surface area (Å²) in [5.41, 5.74) is 7.95. The molecule has 0 amide bonds. The molecule has 0 saturated carbocycles. The van der Waals surface area contributed by atoms with Gasteiger partial charge in [0.2, 0.25) is 0 Å². The van der Waals surface area contributed by atoms with E-state index in [9.17, 15) is 0 Å². The summed E-state index contributed by atoms with van der Waals surface area (Å²) in [7, 11) is 0. The minimum absolute atomic E-state index is 0.585. The average Bonchev–Trinajstić information content (AvgIpc) is 2.48. The van der Waals surface area contributed by atoms with Crippen molar-refractivity contribution < 1.29 is 9.47 Å². The van der Waals surface area contributed by atoms with Crippen LogP contribution in [0.1, 0.15) is 19.4 Å². The van der Waals surface area contributed by atoms with E-state index in [1.165, 1.54) is 0 Å². The van der Waals surface area contributed by atoms with Gasteiger partial charge in [0.15, 0.2) is 0 Å². The molecule has 0 atom stereocenters. The number of nitrogens with two attached hydrogens (primary N) is 1. The maximum atomic E-state index is 6.33. The first-order chi connectivity index (χ1) is 10.2. The lowest BCUT2D eigenvalue weighted by Crippen LogP contribution is -2.32. The number of anilines is 1. The van der Waals surface area contributed by atoms with E-state index in [4.69, 9.17) is 26.8 Å². The van der Waals surface area contributed by atoms with Crippen LogP contribution in [0.25, 0.3) is 0 Å². The highest BCUT2D eigenvalue weighted by Crippen LogP contribution is 2.27. The molecule has 1 rings (SSSR count). The lowest BCUT2D eigenvalue weighted by molar-refractivity contribution is 0.141. The summed E-state index contributed by atoms with van der Waals surface area (Å²) in [6.45, 7) is 9.07. The van der Waals surface area contributed by atoms with Crippen molar-refractivity contribution in [3.63, 3.8) is 0 Å². The Hall–Kier alpha value is -0.810. The van der Waals surface area contributed by atoms with Crippen LogP contribution in [0.4, 0.5) is 5.69 Å². The van der Waals surface area contributed by atoms with Crippen LogP contribution in [0.2, 0.25) is 5.02 Å². The quantitative estimate of drug-likeness (QED) is 0.638. The van der Waals surface area contributed by atoms with Gasteiger partial charge in [-0.2, -0.15) is 0 Å². The molecule has 5 heteroatoms. The maximum absolute atomic E-state index is 6.33. The molecule has 1 aromatic rings. The molecule has 0 bridgehead atoms. The van der Waals surface area contributed by atoms with Gasteiger partial charge in [-0.3, -0.25) is 0 Å². The van der Waals surface area contributed by atoms with E-state index in [1.807, 2.05) is 26.0 Å². The summed E-state index contributed by atoms with van der Waals surface area (Å²) in [4.78, 5) is 2.27. The van der Waals surface area contributed by atoms with E-state index in [0.717, 1.165) is 49.0 Å². The van der Waals surface area contributed by atoms with Gasteiger partial charge in [0, 0.05) is 37.0 Å². The van der Waals surface area contributed by atoms with E-state index >= 15 is 0 Å². The SMILES string of the molecule is CCOCCN(CCOCC)c1cccc(Cl)c1CCN. The molecular weight excluding hydrogens is 288 g/mol. The summed E-state index contributed by atoms with van der Waals surface area (Å²) in [5, 5.41) is 0.774. The molecule has 2 N–H and O–H groups in total. The van der Waals surface area contributed by atoms with Gasteiger partial charge in [0.05, 0.1) is 13.2 Å². The minimum Gasteiger partial charge on any atom is -0.380 e. The number of hydrogen-bond donors (Lipinski definition) is 1. The average molecular weight is 315 g/mol. The van der Waals surface area contributed by atoms with E-state index in [-0.39, 0.29) is 0 Å². The van der Waals surface area contributed by atoms with Gasteiger partial charge in [0.1, 0.15) is 0 Å². The van der Waals surface area contributed by atoms with Crippen LogP contribution in [0.3, 0.4) is 0 Å². The Morgan fingerprint density at radius 2 is 1.71 bits per heavy atom. The molecule has 0 radical (unpaired) electrons. The van der Waals surface area contributed by atoms with Crippen molar-refractivity contribution in [3.05, 3.63) is 28.8 Å². The largest absolute Gasteiger partial charge is 0.380 e. The predicted molar refractivity (Wildman–Crippen MR) is 89.4 cm³/mol. The van der Waals surface area contributed by atoms with Crippen LogP contribution in [0, 0.1) is 0 Å². The first-order valence-electron chi connectivity index (χ1n) is 7.62. The van der Waals surface area contributed by atoms with Crippen molar-refractivity contribution in [2.45, 2.75) is 20.3 Å². The zero-order valence-electron chi connectivity index (χ0n) is 13.1. The number of ether oxygens (including phenoxy) is 2. The maximum Gasteiger partial charge on any atom is 0.0641 e. The second kappa shape index (κ2) is 10.9. The summed E-state index contributed by atoms with van der Waals surface area (Å²) in [5.74, 6) is 0. The zero-order valence-corrected chi connectivity index (χ0v) is 13.9. The van der Waals surface area contributed by atoms with Crippen molar-refractivity contribution in [1.82, 2.24) is 0 Å². The lowest BCUT2D eigenvalue weighted by atomic mass is 10.1. The van der Waals surface area contributed by atoms with E-state index in [0.29, 0.717) is 19.8 Å². The molecule has 1 aromatic carbocycles. The molecule has 4 nitrogen and oxygen atoms in total. The molecule has 0 aliphatic heterocycles. The number of hydrogen-bond acceptors (Lipinski definition) is 4. The molecule has 0 spiro atoms. The van der Waals surface area contributed by atoms with Gasteiger partial charge in [-0.05, 0) is 44.5 Å². The normalized spacial score (nSPS) is 10.9. The standard InChI is InChI=1S/C16H27ClN2O2/c1-3-20-12-10-19(11-13-21-4-2)16-7-5-6-15(17)14(16)8-9-18/h5-7H,3-4,8-13,18H2,1-2H3. The Kier molecular flexibility index (Phi) is 9.42. The molecule has 21 heavy (non-hydrogen) atoms. The van der Waals surface area contributed by atoms with Crippen molar-refractivity contribution >= 4 is 17.3 Å². The summed E-state index contributed by atoms with van der Waals surface area (Å²) < 4.78 is 11.0. The monoisotopic (exact) mass is 314 g/mol.